The smallest absolute Gasteiger partial charge is 0.384 e. The van der Waals surface area contributed by atoms with Gasteiger partial charge in [0.1, 0.15) is 5.69 Å². The molecule has 1 aromatic heterocycles. The number of fused-ring (bicyclic) bond motifs is 1. The first-order valence-electron chi connectivity index (χ1n) is 7.12. The molecule has 0 radical (unpaired) electrons. The number of hydrogen-bond donors (Lipinski definition) is 1. The van der Waals surface area contributed by atoms with Crippen molar-refractivity contribution in [1.82, 2.24) is 4.98 Å². The van der Waals surface area contributed by atoms with Crippen molar-refractivity contribution in [2.75, 3.05) is 11.9 Å². The van der Waals surface area contributed by atoms with E-state index in [1.54, 1.807) is 6.07 Å². The molecule has 2 rings (SSSR count). The molecule has 0 fully saturated rings. The summed E-state index contributed by atoms with van der Waals surface area (Å²) < 4.78 is 39.4. The van der Waals surface area contributed by atoms with Crippen molar-refractivity contribution in [2.24, 2.45) is 0 Å². The van der Waals surface area contributed by atoms with Crippen LogP contribution in [0, 0.1) is 6.92 Å². The summed E-state index contributed by atoms with van der Waals surface area (Å²) in [6.07, 6.45) is -2.76. The average Bonchev–Trinajstić information content (AvgIpc) is 2.44. The third kappa shape index (κ3) is 3.12. The van der Waals surface area contributed by atoms with Gasteiger partial charge in [0.05, 0.1) is 5.52 Å². The quantitative estimate of drug-likeness (QED) is 0.863. The number of anilines is 1. The standard InChI is InChI=1S/C16H19F3N2/c1-4-8-20-14-10(3)15(16(17,18)19)21-13-7-6-11(5-2)9-12(13)14/h6-7,9H,4-5,8H2,1-3H3,(H,20,21). The van der Waals surface area contributed by atoms with Crippen LogP contribution in [0.15, 0.2) is 18.2 Å². The molecule has 0 saturated heterocycles. The van der Waals surface area contributed by atoms with Crippen LogP contribution in [-0.4, -0.2) is 11.5 Å². The minimum Gasteiger partial charge on any atom is -0.384 e. The lowest BCUT2D eigenvalue weighted by molar-refractivity contribution is -0.141. The van der Waals surface area contributed by atoms with Crippen LogP contribution in [0.5, 0.6) is 0 Å². The second kappa shape index (κ2) is 5.92. The highest BCUT2D eigenvalue weighted by molar-refractivity contribution is 5.94. The van der Waals surface area contributed by atoms with Crippen LogP contribution in [-0.2, 0) is 12.6 Å². The topological polar surface area (TPSA) is 24.9 Å². The summed E-state index contributed by atoms with van der Waals surface area (Å²) in [6, 6.07) is 5.42. The van der Waals surface area contributed by atoms with Crippen molar-refractivity contribution in [3.8, 4) is 0 Å². The number of rotatable bonds is 4. The molecule has 1 heterocycles. The highest BCUT2D eigenvalue weighted by Gasteiger charge is 2.36. The molecule has 1 aromatic carbocycles. The number of nitrogens with one attached hydrogen (secondary N) is 1. The van der Waals surface area contributed by atoms with Crippen molar-refractivity contribution < 1.29 is 13.2 Å². The first kappa shape index (κ1) is 15.6. The highest BCUT2D eigenvalue weighted by Crippen LogP contribution is 2.37. The van der Waals surface area contributed by atoms with Gasteiger partial charge in [-0.1, -0.05) is 19.9 Å². The van der Waals surface area contributed by atoms with E-state index >= 15 is 0 Å². The second-order valence-electron chi connectivity index (χ2n) is 5.09. The predicted molar refractivity (Wildman–Crippen MR) is 79.6 cm³/mol. The minimum atomic E-state index is -4.44. The molecular formula is C16H19F3N2. The predicted octanol–water partition coefficient (Wildman–Crippen LogP) is 4.95. The van der Waals surface area contributed by atoms with Gasteiger partial charge < -0.3 is 5.32 Å². The molecule has 0 amide bonds. The van der Waals surface area contributed by atoms with Crippen molar-refractivity contribution >= 4 is 16.6 Å². The van der Waals surface area contributed by atoms with E-state index in [9.17, 15) is 13.2 Å². The van der Waals surface area contributed by atoms with Crippen molar-refractivity contribution in [2.45, 2.75) is 39.8 Å². The Labute approximate surface area is 122 Å². The fourth-order valence-electron chi connectivity index (χ4n) is 2.38. The molecule has 0 atom stereocenters. The third-order valence-electron chi connectivity index (χ3n) is 3.52. The van der Waals surface area contributed by atoms with Gasteiger partial charge in [0.2, 0.25) is 0 Å². The van der Waals surface area contributed by atoms with Crippen molar-refractivity contribution in [1.29, 1.82) is 0 Å². The molecule has 0 aliphatic heterocycles. The number of nitrogens with zero attached hydrogens (tertiary/aromatic N) is 1. The summed E-state index contributed by atoms with van der Waals surface area (Å²) in [7, 11) is 0. The van der Waals surface area contributed by atoms with E-state index in [-0.39, 0.29) is 5.56 Å². The van der Waals surface area contributed by atoms with Gasteiger partial charge in [0.25, 0.3) is 0 Å². The molecule has 0 unspecified atom stereocenters. The molecule has 0 saturated carbocycles. The number of alkyl halides is 3. The highest BCUT2D eigenvalue weighted by atomic mass is 19.4. The Morgan fingerprint density at radius 1 is 1.19 bits per heavy atom. The number of halogens is 3. The van der Waals surface area contributed by atoms with Gasteiger partial charge in [0.15, 0.2) is 0 Å². The summed E-state index contributed by atoms with van der Waals surface area (Å²) in [5.41, 5.74) is 1.37. The molecule has 114 valence electrons. The Balaban J connectivity index is 2.73. The summed E-state index contributed by atoms with van der Waals surface area (Å²) in [4.78, 5) is 3.83. The van der Waals surface area contributed by atoms with E-state index < -0.39 is 11.9 Å². The minimum absolute atomic E-state index is 0.164. The van der Waals surface area contributed by atoms with Crippen LogP contribution >= 0.6 is 0 Å². The Kier molecular flexibility index (Phi) is 4.40. The monoisotopic (exact) mass is 296 g/mol. The third-order valence-corrected chi connectivity index (χ3v) is 3.52. The van der Waals surface area contributed by atoms with Crippen molar-refractivity contribution in [3.05, 3.63) is 35.0 Å². The van der Waals surface area contributed by atoms with E-state index in [0.717, 1.165) is 23.8 Å². The lowest BCUT2D eigenvalue weighted by Crippen LogP contribution is -2.14. The zero-order chi connectivity index (χ0) is 15.6. The summed E-state index contributed by atoms with van der Waals surface area (Å²) in [5, 5.41) is 3.89. The molecule has 5 heteroatoms. The van der Waals surface area contributed by atoms with E-state index in [1.165, 1.54) is 6.92 Å². The number of benzene rings is 1. The van der Waals surface area contributed by atoms with Crippen LogP contribution in [0.25, 0.3) is 10.9 Å². The van der Waals surface area contributed by atoms with Crippen LogP contribution in [0.2, 0.25) is 0 Å². The molecule has 2 nitrogen and oxygen atoms in total. The average molecular weight is 296 g/mol. The fraction of sp³-hybridized carbons (Fsp3) is 0.438. The first-order valence-corrected chi connectivity index (χ1v) is 7.12. The van der Waals surface area contributed by atoms with Crippen LogP contribution in [0.3, 0.4) is 0 Å². The Morgan fingerprint density at radius 3 is 2.48 bits per heavy atom. The normalized spacial score (nSPS) is 11.9. The number of aryl methyl sites for hydroxylation is 1. The summed E-state index contributed by atoms with van der Waals surface area (Å²) >= 11 is 0. The number of aromatic nitrogens is 1. The maximum Gasteiger partial charge on any atom is 0.433 e. The van der Waals surface area contributed by atoms with Gasteiger partial charge >= 0.3 is 6.18 Å². The maximum atomic E-state index is 13.1. The van der Waals surface area contributed by atoms with Gasteiger partial charge in [0, 0.05) is 23.2 Å². The van der Waals surface area contributed by atoms with Gasteiger partial charge in [-0.3, -0.25) is 0 Å². The van der Waals surface area contributed by atoms with Gasteiger partial charge in [-0.2, -0.15) is 13.2 Å². The number of hydrogen-bond acceptors (Lipinski definition) is 2. The van der Waals surface area contributed by atoms with Gasteiger partial charge in [-0.15, -0.1) is 0 Å². The van der Waals surface area contributed by atoms with E-state index in [0.29, 0.717) is 17.7 Å². The Morgan fingerprint density at radius 2 is 1.90 bits per heavy atom. The molecule has 21 heavy (non-hydrogen) atoms. The Bertz CT molecular complexity index is 648. The van der Waals surface area contributed by atoms with Gasteiger partial charge in [-0.25, -0.2) is 4.98 Å². The summed E-state index contributed by atoms with van der Waals surface area (Å²) in [6.45, 7) is 6.11. The second-order valence-corrected chi connectivity index (χ2v) is 5.09. The Hall–Kier alpha value is -1.78. The maximum absolute atomic E-state index is 13.1. The van der Waals surface area contributed by atoms with Crippen LogP contribution < -0.4 is 5.32 Å². The first-order chi connectivity index (χ1) is 9.88. The fourth-order valence-corrected chi connectivity index (χ4v) is 2.38. The molecule has 0 aliphatic carbocycles. The summed E-state index contributed by atoms with van der Waals surface area (Å²) in [5.74, 6) is 0. The lowest BCUT2D eigenvalue weighted by Gasteiger charge is -2.17. The van der Waals surface area contributed by atoms with E-state index in [1.807, 2.05) is 26.0 Å². The molecule has 2 aromatic rings. The van der Waals surface area contributed by atoms with E-state index in [2.05, 4.69) is 10.3 Å². The molecule has 0 bridgehead atoms. The lowest BCUT2D eigenvalue weighted by atomic mass is 10.0. The molecule has 0 spiro atoms. The molecule has 0 aliphatic rings. The SMILES string of the molecule is CCCNc1c(C)c(C(F)(F)F)nc2ccc(CC)cc12. The number of pyridine rings is 1. The van der Waals surface area contributed by atoms with E-state index in [4.69, 9.17) is 0 Å². The largest absolute Gasteiger partial charge is 0.433 e. The van der Waals surface area contributed by atoms with Crippen LogP contribution in [0.4, 0.5) is 18.9 Å². The van der Waals surface area contributed by atoms with Gasteiger partial charge in [-0.05, 0) is 37.5 Å². The van der Waals surface area contributed by atoms with Crippen molar-refractivity contribution in [3.63, 3.8) is 0 Å². The zero-order valence-corrected chi connectivity index (χ0v) is 12.4. The molecule has 1 N–H and O–H groups in total. The zero-order valence-electron chi connectivity index (χ0n) is 12.4. The molecular weight excluding hydrogens is 277 g/mol. The van der Waals surface area contributed by atoms with Crippen LogP contribution in [0.1, 0.15) is 37.1 Å².